The monoisotopic (exact) mass is 421 g/mol. The molecule has 4 aromatic rings. The van der Waals surface area contributed by atoms with Crippen LogP contribution in [0.3, 0.4) is 0 Å². The molecule has 0 unspecified atom stereocenters. The molecule has 0 saturated carbocycles. The third-order valence-electron chi connectivity index (χ3n) is 4.52. The number of rotatable bonds is 5. The van der Waals surface area contributed by atoms with Gasteiger partial charge in [-0.1, -0.05) is 11.6 Å². The number of fused-ring (bicyclic) bond motifs is 1. The van der Waals surface area contributed by atoms with Crippen molar-refractivity contribution in [3.05, 3.63) is 71.1 Å². The first-order chi connectivity index (χ1) is 14.4. The molecule has 0 bridgehead atoms. The summed E-state index contributed by atoms with van der Waals surface area (Å²) in [5.41, 5.74) is 2.45. The van der Waals surface area contributed by atoms with Gasteiger partial charge in [0, 0.05) is 22.5 Å². The first kappa shape index (κ1) is 19.8. The molecule has 0 spiro atoms. The molecule has 4 rings (SSSR count). The van der Waals surface area contributed by atoms with Crippen molar-refractivity contribution < 1.29 is 9.53 Å². The van der Waals surface area contributed by atoms with E-state index in [4.69, 9.17) is 16.3 Å². The third kappa shape index (κ3) is 4.11. The Morgan fingerprint density at radius 2 is 1.90 bits per heavy atom. The average Bonchev–Trinajstić information content (AvgIpc) is 3.13. The predicted octanol–water partition coefficient (Wildman–Crippen LogP) is 5.41. The highest BCUT2D eigenvalue weighted by molar-refractivity contribution is 6.30. The van der Waals surface area contributed by atoms with Crippen LogP contribution in [0.4, 0.5) is 5.69 Å². The molecule has 1 amide bonds. The Hall–Kier alpha value is -3.45. The van der Waals surface area contributed by atoms with Gasteiger partial charge in [-0.3, -0.25) is 4.79 Å². The van der Waals surface area contributed by atoms with Gasteiger partial charge in [-0.25, -0.2) is 14.6 Å². The molecule has 0 atom stereocenters. The van der Waals surface area contributed by atoms with Gasteiger partial charge in [0.15, 0.2) is 5.65 Å². The molecule has 1 N–H and O–H groups in total. The molecule has 1 aromatic carbocycles. The first-order valence-electron chi connectivity index (χ1n) is 9.46. The number of aryl methyl sites for hydroxylation is 1. The Morgan fingerprint density at radius 1 is 1.13 bits per heavy atom. The number of carbonyl (C=O) groups is 1. The van der Waals surface area contributed by atoms with E-state index in [1.807, 2.05) is 31.5 Å². The van der Waals surface area contributed by atoms with Crippen LogP contribution in [0.1, 0.15) is 35.9 Å². The van der Waals surface area contributed by atoms with Gasteiger partial charge in [-0.2, -0.15) is 5.10 Å². The summed E-state index contributed by atoms with van der Waals surface area (Å²) in [6.45, 7) is 5.89. The molecule has 0 fully saturated rings. The quantitative estimate of drug-likeness (QED) is 0.465. The molecule has 8 heteroatoms. The van der Waals surface area contributed by atoms with Crippen LogP contribution in [0.15, 0.2) is 54.9 Å². The Balaban J connectivity index is 1.49. The van der Waals surface area contributed by atoms with Gasteiger partial charge in [0.25, 0.3) is 5.91 Å². The Kier molecular flexibility index (Phi) is 5.37. The summed E-state index contributed by atoms with van der Waals surface area (Å²) in [6, 6.07) is 12.4. The van der Waals surface area contributed by atoms with Gasteiger partial charge < -0.3 is 10.1 Å². The minimum Gasteiger partial charge on any atom is -0.439 e. The predicted molar refractivity (Wildman–Crippen MR) is 116 cm³/mol. The van der Waals surface area contributed by atoms with Gasteiger partial charge in [0.05, 0.1) is 29.3 Å². The van der Waals surface area contributed by atoms with Crippen molar-refractivity contribution in [1.29, 1.82) is 0 Å². The minimum absolute atomic E-state index is 0.189. The zero-order valence-electron chi connectivity index (χ0n) is 16.8. The van der Waals surface area contributed by atoms with Crippen LogP contribution < -0.4 is 10.1 Å². The van der Waals surface area contributed by atoms with Crippen molar-refractivity contribution in [2.24, 2.45) is 0 Å². The number of ether oxygens (including phenoxy) is 1. The summed E-state index contributed by atoms with van der Waals surface area (Å²) in [5, 5.41) is 8.67. The van der Waals surface area contributed by atoms with E-state index in [0.717, 1.165) is 11.0 Å². The normalized spacial score (nSPS) is 11.1. The number of benzene rings is 1. The number of nitrogens with one attached hydrogen (secondary N) is 1. The minimum atomic E-state index is -0.257. The number of pyridine rings is 2. The van der Waals surface area contributed by atoms with Gasteiger partial charge >= 0.3 is 0 Å². The van der Waals surface area contributed by atoms with E-state index in [2.05, 4.69) is 20.4 Å². The van der Waals surface area contributed by atoms with Crippen molar-refractivity contribution >= 4 is 34.2 Å². The Labute approximate surface area is 178 Å². The molecule has 0 aliphatic rings. The lowest BCUT2D eigenvalue weighted by atomic mass is 10.1. The summed E-state index contributed by atoms with van der Waals surface area (Å²) in [5.74, 6) is 0.781. The average molecular weight is 422 g/mol. The highest BCUT2D eigenvalue weighted by Crippen LogP contribution is 2.23. The van der Waals surface area contributed by atoms with E-state index in [0.29, 0.717) is 33.6 Å². The molecule has 0 aliphatic heterocycles. The van der Waals surface area contributed by atoms with Crippen LogP contribution in [-0.4, -0.2) is 25.7 Å². The van der Waals surface area contributed by atoms with E-state index < -0.39 is 0 Å². The standard InChI is InChI=1S/C22H20ClN5O2/c1-13(2)28-21-15(11-25-28)10-19(14(3)26-21)22(29)27-17-6-9-20(24-12-17)30-18-7-4-16(23)5-8-18/h4-13H,1-3H3,(H,27,29). The van der Waals surface area contributed by atoms with Crippen molar-refractivity contribution in [2.45, 2.75) is 26.8 Å². The number of amides is 1. The lowest BCUT2D eigenvalue weighted by molar-refractivity contribution is 0.102. The summed E-state index contributed by atoms with van der Waals surface area (Å²) in [7, 11) is 0. The Morgan fingerprint density at radius 3 is 2.57 bits per heavy atom. The largest absolute Gasteiger partial charge is 0.439 e. The molecule has 3 heterocycles. The van der Waals surface area contributed by atoms with Gasteiger partial charge in [0.2, 0.25) is 5.88 Å². The van der Waals surface area contributed by atoms with Gasteiger partial charge in [-0.15, -0.1) is 0 Å². The molecule has 3 aromatic heterocycles. The molecule has 0 saturated heterocycles. The van der Waals surface area contributed by atoms with Crippen molar-refractivity contribution in [2.75, 3.05) is 5.32 Å². The fourth-order valence-corrected chi connectivity index (χ4v) is 3.14. The highest BCUT2D eigenvalue weighted by atomic mass is 35.5. The SMILES string of the molecule is Cc1nc2c(cnn2C(C)C)cc1C(=O)Nc1ccc(Oc2ccc(Cl)cc2)nc1. The van der Waals surface area contributed by atoms with E-state index in [1.165, 1.54) is 0 Å². The summed E-state index contributed by atoms with van der Waals surface area (Å²) in [4.78, 5) is 21.6. The number of hydrogen-bond donors (Lipinski definition) is 1. The second-order valence-electron chi connectivity index (χ2n) is 7.11. The second kappa shape index (κ2) is 8.12. The first-order valence-corrected chi connectivity index (χ1v) is 9.84. The zero-order chi connectivity index (χ0) is 21.3. The van der Waals surface area contributed by atoms with Gasteiger partial charge in [-0.05, 0) is 57.2 Å². The van der Waals surface area contributed by atoms with E-state index in [-0.39, 0.29) is 11.9 Å². The summed E-state index contributed by atoms with van der Waals surface area (Å²) >= 11 is 5.87. The zero-order valence-corrected chi connectivity index (χ0v) is 17.5. The molecular formula is C22H20ClN5O2. The number of anilines is 1. The van der Waals surface area contributed by atoms with Crippen LogP contribution in [0, 0.1) is 6.92 Å². The van der Waals surface area contributed by atoms with E-state index in [9.17, 15) is 4.79 Å². The van der Waals surface area contributed by atoms with E-state index in [1.54, 1.807) is 48.8 Å². The topological polar surface area (TPSA) is 81.9 Å². The number of hydrogen-bond acceptors (Lipinski definition) is 5. The van der Waals surface area contributed by atoms with Crippen molar-refractivity contribution in [1.82, 2.24) is 19.7 Å². The second-order valence-corrected chi connectivity index (χ2v) is 7.55. The van der Waals surface area contributed by atoms with Crippen molar-refractivity contribution in [3.8, 4) is 11.6 Å². The van der Waals surface area contributed by atoms with Crippen LogP contribution >= 0.6 is 11.6 Å². The fraction of sp³-hybridized carbons (Fsp3) is 0.182. The summed E-state index contributed by atoms with van der Waals surface area (Å²) in [6.07, 6.45) is 3.27. The van der Waals surface area contributed by atoms with Crippen molar-refractivity contribution in [3.63, 3.8) is 0 Å². The smallest absolute Gasteiger partial charge is 0.257 e. The number of nitrogens with zero attached hydrogens (tertiary/aromatic N) is 4. The molecule has 7 nitrogen and oxygen atoms in total. The van der Waals surface area contributed by atoms with Gasteiger partial charge in [0.1, 0.15) is 5.75 Å². The number of carbonyl (C=O) groups excluding carboxylic acids is 1. The fourth-order valence-electron chi connectivity index (χ4n) is 3.01. The van der Waals surface area contributed by atoms with Crippen LogP contribution in [0.25, 0.3) is 11.0 Å². The lowest BCUT2D eigenvalue weighted by Crippen LogP contribution is -2.14. The van der Waals surface area contributed by atoms with Crippen LogP contribution in [0.5, 0.6) is 11.6 Å². The third-order valence-corrected chi connectivity index (χ3v) is 4.78. The van der Waals surface area contributed by atoms with Crippen LogP contribution in [0.2, 0.25) is 5.02 Å². The molecule has 30 heavy (non-hydrogen) atoms. The highest BCUT2D eigenvalue weighted by Gasteiger charge is 2.15. The molecular weight excluding hydrogens is 402 g/mol. The molecule has 0 radical (unpaired) electrons. The molecule has 0 aliphatic carbocycles. The molecule has 152 valence electrons. The lowest BCUT2D eigenvalue weighted by Gasteiger charge is -2.10. The maximum atomic E-state index is 12.8. The summed E-state index contributed by atoms with van der Waals surface area (Å²) < 4.78 is 7.51. The number of halogens is 1. The van der Waals surface area contributed by atoms with Crippen LogP contribution in [-0.2, 0) is 0 Å². The van der Waals surface area contributed by atoms with E-state index >= 15 is 0 Å². The number of aromatic nitrogens is 4. The Bertz CT molecular complexity index is 1200. The maximum Gasteiger partial charge on any atom is 0.257 e. The maximum absolute atomic E-state index is 12.8.